The fraction of sp³-hybridized carbons (Fsp3) is 0.222. The maximum Gasteiger partial charge on any atom is 0.338 e. The molecule has 174 valence electrons. The van der Waals surface area contributed by atoms with Crippen LogP contribution < -0.4 is 10.6 Å². The average molecular weight is 474 g/mol. The van der Waals surface area contributed by atoms with Crippen molar-refractivity contribution in [1.82, 2.24) is 10.2 Å². The molecule has 2 N–H and O–H groups in total. The van der Waals surface area contributed by atoms with Crippen molar-refractivity contribution in [2.45, 2.75) is 26.8 Å². The van der Waals surface area contributed by atoms with Crippen molar-refractivity contribution in [3.8, 4) is 0 Å². The van der Waals surface area contributed by atoms with Crippen LogP contribution in [0.4, 0.5) is 5.69 Å². The quantitative estimate of drug-likeness (QED) is 0.380. The summed E-state index contributed by atoms with van der Waals surface area (Å²) in [6, 6.07) is 20.5. The lowest BCUT2D eigenvalue weighted by atomic mass is 9.94. The van der Waals surface area contributed by atoms with Gasteiger partial charge in [-0.2, -0.15) is 0 Å². The first-order chi connectivity index (χ1) is 16.4. The van der Waals surface area contributed by atoms with Crippen molar-refractivity contribution >= 4 is 45.7 Å². The number of rotatable bonds is 6. The number of anilines is 1. The minimum atomic E-state index is -0.480. The van der Waals surface area contributed by atoms with Gasteiger partial charge in [0.2, 0.25) is 0 Å². The van der Waals surface area contributed by atoms with Crippen LogP contribution in [0.3, 0.4) is 0 Å². The number of thiocarbonyl (C=S) groups is 1. The molecule has 1 heterocycles. The molecule has 0 saturated carbocycles. The van der Waals surface area contributed by atoms with Crippen molar-refractivity contribution < 1.29 is 14.3 Å². The summed E-state index contributed by atoms with van der Waals surface area (Å²) in [5.41, 5.74) is 3.28. The first kappa shape index (κ1) is 23.4. The number of benzene rings is 3. The molecule has 0 aromatic heterocycles. The van der Waals surface area contributed by atoms with Gasteiger partial charge in [-0.15, -0.1) is 0 Å². The number of fused-ring (bicyclic) bond motifs is 1. The molecule has 0 radical (unpaired) electrons. The molecule has 3 aromatic carbocycles. The maximum absolute atomic E-state index is 13.0. The monoisotopic (exact) mass is 473 g/mol. The van der Waals surface area contributed by atoms with Gasteiger partial charge < -0.3 is 20.3 Å². The van der Waals surface area contributed by atoms with Gasteiger partial charge in [-0.1, -0.05) is 42.5 Å². The zero-order chi connectivity index (χ0) is 24.2. The van der Waals surface area contributed by atoms with Crippen LogP contribution in [-0.2, 0) is 9.53 Å². The molecule has 4 rings (SSSR count). The molecule has 1 unspecified atom stereocenters. The minimum Gasteiger partial charge on any atom is -0.463 e. The lowest BCUT2D eigenvalue weighted by Gasteiger charge is -2.37. The number of esters is 1. The normalized spacial score (nSPS) is 15.8. The van der Waals surface area contributed by atoms with Crippen molar-refractivity contribution in [3.63, 3.8) is 0 Å². The lowest BCUT2D eigenvalue weighted by Crippen LogP contribution is -2.47. The van der Waals surface area contributed by atoms with E-state index in [0.29, 0.717) is 28.5 Å². The SMILES string of the molecule is CCOC(=O)C1=C(C)N(CC)C(=S)NC1c1cccc(NC(=O)c2ccc3ccccc3c2)c1. The summed E-state index contributed by atoms with van der Waals surface area (Å²) in [5.74, 6) is -0.589. The van der Waals surface area contributed by atoms with Gasteiger partial charge >= 0.3 is 5.97 Å². The second-order valence-electron chi connectivity index (χ2n) is 7.99. The van der Waals surface area contributed by atoms with E-state index < -0.39 is 6.04 Å². The Hall–Kier alpha value is -3.71. The molecule has 0 fully saturated rings. The highest BCUT2D eigenvalue weighted by atomic mass is 32.1. The van der Waals surface area contributed by atoms with Crippen LogP contribution in [0.1, 0.15) is 42.7 Å². The molecule has 6 nitrogen and oxygen atoms in total. The number of carbonyl (C=O) groups excluding carboxylic acids is 2. The summed E-state index contributed by atoms with van der Waals surface area (Å²) in [7, 11) is 0. The van der Waals surface area contributed by atoms with E-state index in [0.717, 1.165) is 22.0 Å². The molecule has 0 aliphatic carbocycles. The fourth-order valence-corrected chi connectivity index (χ4v) is 4.60. The molecule has 3 aromatic rings. The predicted molar refractivity (Wildman–Crippen MR) is 139 cm³/mol. The Kier molecular flexibility index (Phi) is 6.93. The highest BCUT2D eigenvalue weighted by Crippen LogP contribution is 2.32. The van der Waals surface area contributed by atoms with Crippen LogP contribution in [-0.4, -0.2) is 35.0 Å². The molecule has 1 aliphatic rings. The van der Waals surface area contributed by atoms with E-state index in [1.54, 1.807) is 6.92 Å². The van der Waals surface area contributed by atoms with Gasteiger partial charge in [-0.25, -0.2) is 4.79 Å². The van der Waals surface area contributed by atoms with E-state index >= 15 is 0 Å². The number of nitrogens with one attached hydrogen (secondary N) is 2. The molecule has 34 heavy (non-hydrogen) atoms. The van der Waals surface area contributed by atoms with Crippen LogP contribution in [0.25, 0.3) is 10.8 Å². The molecule has 0 spiro atoms. The first-order valence-corrected chi connectivity index (χ1v) is 11.7. The fourth-order valence-electron chi connectivity index (χ4n) is 4.22. The molecule has 0 bridgehead atoms. The van der Waals surface area contributed by atoms with Gasteiger partial charge in [0.15, 0.2) is 5.11 Å². The van der Waals surface area contributed by atoms with Crippen LogP contribution >= 0.6 is 12.2 Å². The highest BCUT2D eigenvalue weighted by molar-refractivity contribution is 7.80. The van der Waals surface area contributed by atoms with E-state index in [1.165, 1.54) is 0 Å². The number of amides is 1. The number of hydrogen-bond acceptors (Lipinski definition) is 4. The Balaban J connectivity index is 1.63. The maximum atomic E-state index is 13.0. The van der Waals surface area contributed by atoms with Gasteiger partial charge in [0.05, 0.1) is 18.2 Å². The Labute approximate surface area is 204 Å². The van der Waals surface area contributed by atoms with Gasteiger partial charge in [-0.3, -0.25) is 4.79 Å². The summed E-state index contributed by atoms with van der Waals surface area (Å²) in [6.45, 7) is 6.55. The van der Waals surface area contributed by atoms with E-state index in [2.05, 4.69) is 10.6 Å². The van der Waals surface area contributed by atoms with Gasteiger partial charge in [0.25, 0.3) is 5.91 Å². The number of allylic oxidation sites excluding steroid dienone is 1. The minimum absolute atomic E-state index is 0.204. The lowest BCUT2D eigenvalue weighted by molar-refractivity contribution is -0.139. The highest BCUT2D eigenvalue weighted by Gasteiger charge is 2.34. The Morgan fingerprint density at radius 1 is 1.03 bits per heavy atom. The van der Waals surface area contributed by atoms with E-state index in [1.807, 2.05) is 85.5 Å². The topological polar surface area (TPSA) is 70.7 Å². The summed E-state index contributed by atoms with van der Waals surface area (Å²) in [5, 5.41) is 8.87. The zero-order valence-corrected chi connectivity index (χ0v) is 20.2. The summed E-state index contributed by atoms with van der Waals surface area (Å²) < 4.78 is 5.34. The van der Waals surface area contributed by atoms with Gasteiger partial charge in [-0.05, 0) is 73.6 Å². The largest absolute Gasteiger partial charge is 0.463 e. The van der Waals surface area contributed by atoms with Gasteiger partial charge in [0, 0.05) is 23.5 Å². The second-order valence-corrected chi connectivity index (χ2v) is 8.37. The summed E-state index contributed by atoms with van der Waals surface area (Å²) >= 11 is 5.55. The molecular formula is C27H27N3O3S. The average Bonchev–Trinajstić information content (AvgIpc) is 2.84. The van der Waals surface area contributed by atoms with Crippen molar-refractivity contribution in [2.24, 2.45) is 0 Å². The zero-order valence-electron chi connectivity index (χ0n) is 19.4. The van der Waals surface area contributed by atoms with Crippen LogP contribution in [0.15, 0.2) is 78.0 Å². The molecule has 0 saturated heterocycles. The summed E-state index contributed by atoms with van der Waals surface area (Å²) in [4.78, 5) is 27.7. The van der Waals surface area contributed by atoms with Crippen LogP contribution in [0.2, 0.25) is 0 Å². The van der Waals surface area contributed by atoms with Crippen molar-refractivity contribution in [3.05, 3.63) is 89.1 Å². The Bertz CT molecular complexity index is 1300. The van der Waals surface area contributed by atoms with Crippen molar-refractivity contribution in [1.29, 1.82) is 0 Å². The van der Waals surface area contributed by atoms with Crippen LogP contribution in [0.5, 0.6) is 0 Å². The number of hydrogen-bond donors (Lipinski definition) is 2. The Morgan fingerprint density at radius 3 is 2.53 bits per heavy atom. The van der Waals surface area contributed by atoms with E-state index in [4.69, 9.17) is 17.0 Å². The first-order valence-electron chi connectivity index (χ1n) is 11.3. The smallest absolute Gasteiger partial charge is 0.338 e. The van der Waals surface area contributed by atoms with Gasteiger partial charge in [0.1, 0.15) is 0 Å². The van der Waals surface area contributed by atoms with Crippen LogP contribution in [0, 0.1) is 0 Å². The van der Waals surface area contributed by atoms with E-state index in [-0.39, 0.29) is 18.5 Å². The molecule has 1 amide bonds. The number of ether oxygens (including phenoxy) is 1. The standard InChI is InChI=1S/C27H27N3O3S/c1-4-30-17(3)23(26(32)33-5-2)24(29-27(30)34)20-11-8-12-22(16-20)28-25(31)21-14-13-18-9-6-7-10-19(18)15-21/h6-16,24H,4-5H2,1-3H3,(H,28,31)(H,29,34). The van der Waals surface area contributed by atoms with E-state index in [9.17, 15) is 9.59 Å². The Morgan fingerprint density at radius 2 is 1.79 bits per heavy atom. The molecule has 1 atom stereocenters. The van der Waals surface area contributed by atoms with Crippen molar-refractivity contribution in [2.75, 3.05) is 18.5 Å². The third-order valence-corrected chi connectivity index (χ3v) is 6.24. The summed E-state index contributed by atoms with van der Waals surface area (Å²) in [6.07, 6.45) is 0. The number of carbonyl (C=O) groups is 2. The third-order valence-electron chi connectivity index (χ3n) is 5.90. The second kappa shape index (κ2) is 10.1. The number of nitrogens with zero attached hydrogens (tertiary/aromatic N) is 1. The molecule has 7 heteroatoms. The predicted octanol–water partition coefficient (Wildman–Crippen LogP) is 5.18. The molecule has 1 aliphatic heterocycles. The molecular weight excluding hydrogens is 446 g/mol. The third kappa shape index (κ3) is 4.65.